The average molecular weight is 404 g/mol. The van der Waals surface area contributed by atoms with Crippen molar-refractivity contribution in [2.45, 2.75) is 26.2 Å². The van der Waals surface area contributed by atoms with Crippen molar-refractivity contribution in [1.82, 2.24) is 0 Å². The molecule has 1 saturated heterocycles. The quantitative estimate of drug-likeness (QED) is 0.428. The summed E-state index contributed by atoms with van der Waals surface area (Å²) in [7, 11) is 0. The highest BCUT2D eigenvalue weighted by atomic mass is 35.5. The van der Waals surface area contributed by atoms with Crippen LogP contribution in [-0.2, 0) is 9.59 Å². The van der Waals surface area contributed by atoms with Crippen LogP contribution in [0.3, 0.4) is 0 Å². The van der Waals surface area contributed by atoms with Gasteiger partial charge in [0.25, 0.3) is 0 Å². The summed E-state index contributed by atoms with van der Waals surface area (Å²) >= 11 is 7.38. The lowest BCUT2D eigenvalue weighted by Gasteiger charge is -2.25. The van der Waals surface area contributed by atoms with Gasteiger partial charge < -0.3 is 4.74 Å². The molecule has 1 saturated carbocycles. The van der Waals surface area contributed by atoms with E-state index in [1.807, 2.05) is 0 Å². The summed E-state index contributed by atoms with van der Waals surface area (Å²) in [5.41, 5.74) is 0.240. The van der Waals surface area contributed by atoms with Gasteiger partial charge in [0.15, 0.2) is 5.75 Å². The van der Waals surface area contributed by atoms with Crippen molar-refractivity contribution in [2.75, 3.05) is 4.90 Å². The number of anilines is 1. The third kappa shape index (κ3) is 3.28. The van der Waals surface area contributed by atoms with E-state index in [1.54, 1.807) is 23.6 Å². The van der Waals surface area contributed by atoms with Gasteiger partial charge in [0, 0.05) is 5.02 Å². The molecule has 4 rings (SSSR count). The minimum Gasteiger partial charge on any atom is -0.420 e. The number of hydrogen-bond donors (Lipinski definition) is 0. The fourth-order valence-corrected chi connectivity index (χ4v) is 4.69. The molecule has 2 aromatic rings. The number of nitrogens with zero attached hydrogens (tertiary/aromatic N) is 1. The molecule has 2 fully saturated rings. The maximum Gasteiger partial charge on any atom is 0.353 e. The second-order valence-corrected chi connectivity index (χ2v) is 8.51. The third-order valence-electron chi connectivity index (χ3n) is 5.27. The SMILES string of the molecule is C[C@@H]1CC[C@@H]2C(=O)N(c3cc(Cl)ccc3OC(=O)c3cccs3)C(=O)[C@H]2C1. The van der Waals surface area contributed by atoms with Gasteiger partial charge in [0.1, 0.15) is 4.88 Å². The van der Waals surface area contributed by atoms with E-state index < -0.39 is 5.97 Å². The number of benzene rings is 1. The fourth-order valence-electron chi connectivity index (χ4n) is 3.92. The molecule has 27 heavy (non-hydrogen) atoms. The van der Waals surface area contributed by atoms with E-state index in [2.05, 4.69) is 6.92 Å². The molecule has 0 radical (unpaired) electrons. The smallest absolute Gasteiger partial charge is 0.353 e. The number of carbonyl (C=O) groups excluding carboxylic acids is 3. The lowest BCUT2D eigenvalue weighted by molar-refractivity contribution is -0.122. The van der Waals surface area contributed by atoms with Crippen LogP contribution in [0.5, 0.6) is 5.75 Å². The first-order chi connectivity index (χ1) is 13.0. The van der Waals surface area contributed by atoms with Gasteiger partial charge in [-0.2, -0.15) is 0 Å². The van der Waals surface area contributed by atoms with E-state index in [1.165, 1.54) is 23.5 Å². The van der Waals surface area contributed by atoms with Crippen LogP contribution in [-0.4, -0.2) is 17.8 Å². The van der Waals surface area contributed by atoms with Crippen LogP contribution >= 0.6 is 22.9 Å². The van der Waals surface area contributed by atoms with Crippen LogP contribution in [0.15, 0.2) is 35.7 Å². The lowest BCUT2D eigenvalue weighted by Crippen LogP contribution is -2.31. The Balaban J connectivity index is 1.69. The second-order valence-electron chi connectivity index (χ2n) is 7.12. The van der Waals surface area contributed by atoms with Crippen molar-refractivity contribution < 1.29 is 19.1 Å². The number of imide groups is 1. The molecule has 0 N–H and O–H groups in total. The number of carbonyl (C=O) groups is 3. The third-order valence-corrected chi connectivity index (χ3v) is 6.36. The van der Waals surface area contributed by atoms with Gasteiger partial charge in [-0.1, -0.05) is 24.6 Å². The highest BCUT2D eigenvalue weighted by molar-refractivity contribution is 7.12. The molecule has 1 aliphatic heterocycles. The van der Waals surface area contributed by atoms with Crippen LogP contribution in [0, 0.1) is 17.8 Å². The molecular weight excluding hydrogens is 386 g/mol. The summed E-state index contributed by atoms with van der Waals surface area (Å²) in [6.07, 6.45) is 2.35. The van der Waals surface area contributed by atoms with Gasteiger partial charge in [0.2, 0.25) is 11.8 Å². The molecular formula is C20H18ClNO4S. The van der Waals surface area contributed by atoms with Crippen molar-refractivity contribution in [3.05, 3.63) is 45.6 Å². The van der Waals surface area contributed by atoms with Crippen molar-refractivity contribution in [3.63, 3.8) is 0 Å². The Kier molecular flexibility index (Phi) is 4.78. The molecule has 140 valence electrons. The molecule has 0 spiro atoms. The van der Waals surface area contributed by atoms with Gasteiger partial charge in [-0.15, -0.1) is 11.3 Å². The minimum atomic E-state index is -0.529. The normalized spacial score (nSPS) is 24.8. The van der Waals surface area contributed by atoms with Crippen LogP contribution in [0.1, 0.15) is 35.9 Å². The number of rotatable bonds is 3. The largest absolute Gasteiger partial charge is 0.420 e. The Bertz CT molecular complexity index is 911. The maximum atomic E-state index is 13.0. The van der Waals surface area contributed by atoms with E-state index in [9.17, 15) is 14.4 Å². The molecule has 3 atom stereocenters. The molecule has 1 aromatic heterocycles. The fraction of sp³-hybridized carbons (Fsp3) is 0.350. The molecule has 0 unspecified atom stereocenters. The zero-order valence-electron chi connectivity index (χ0n) is 14.7. The highest BCUT2D eigenvalue weighted by Crippen LogP contribution is 2.44. The first-order valence-corrected chi connectivity index (χ1v) is 10.1. The highest BCUT2D eigenvalue weighted by Gasteiger charge is 2.50. The average Bonchev–Trinajstić information content (AvgIpc) is 3.25. The Morgan fingerprint density at radius 3 is 2.70 bits per heavy atom. The van der Waals surface area contributed by atoms with Crippen molar-refractivity contribution in [3.8, 4) is 5.75 Å². The Morgan fingerprint density at radius 1 is 1.19 bits per heavy atom. The number of fused-ring (bicyclic) bond motifs is 1. The van der Waals surface area contributed by atoms with E-state index >= 15 is 0 Å². The van der Waals surface area contributed by atoms with Crippen LogP contribution in [0.4, 0.5) is 5.69 Å². The number of amides is 2. The van der Waals surface area contributed by atoms with Gasteiger partial charge in [-0.05, 0) is 54.8 Å². The number of esters is 1. The predicted molar refractivity (Wildman–Crippen MR) is 103 cm³/mol. The second kappa shape index (κ2) is 7.09. The zero-order chi connectivity index (χ0) is 19.1. The number of hydrogen-bond acceptors (Lipinski definition) is 5. The van der Waals surface area contributed by atoms with Gasteiger partial charge >= 0.3 is 5.97 Å². The molecule has 7 heteroatoms. The number of thiophene rings is 1. The monoisotopic (exact) mass is 403 g/mol. The van der Waals surface area contributed by atoms with Crippen molar-refractivity contribution >= 4 is 46.4 Å². The summed E-state index contributed by atoms with van der Waals surface area (Å²) in [6.45, 7) is 2.10. The van der Waals surface area contributed by atoms with E-state index in [4.69, 9.17) is 16.3 Å². The zero-order valence-corrected chi connectivity index (χ0v) is 16.3. The van der Waals surface area contributed by atoms with Crippen LogP contribution in [0.25, 0.3) is 0 Å². The summed E-state index contributed by atoms with van der Waals surface area (Å²) in [5.74, 6) is -1.02. The summed E-state index contributed by atoms with van der Waals surface area (Å²) < 4.78 is 5.50. The van der Waals surface area contributed by atoms with Crippen molar-refractivity contribution in [2.24, 2.45) is 17.8 Å². The van der Waals surface area contributed by atoms with E-state index in [0.29, 0.717) is 28.7 Å². The molecule has 0 bridgehead atoms. The summed E-state index contributed by atoms with van der Waals surface area (Å²) in [5, 5.41) is 2.14. The Hall–Kier alpha value is -2.18. The Morgan fingerprint density at radius 2 is 1.96 bits per heavy atom. The van der Waals surface area contributed by atoms with Gasteiger partial charge in [-0.3, -0.25) is 9.59 Å². The van der Waals surface area contributed by atoms with Crippen LogP contribution < -0.4 is 9.64 Å². The topological polar surface area (TPSA) is 63.7 Å². The maximum absolute atomic E-state index is 13.0. The molecule has 2 amide bonds. The van der Waals surface area contributed by atoms with Gasteiger partial charge in [-0.25, -0.2) is 9.69 Å². The standard InChI is InChI=1S/C20H18ClNO4S/c1-11-4-6-13-14(9-11)19(24)22(18(13)23)15-10-12(21)5-7-16(15)26-20(25)17-3-2-8-27-17/h2-3,5,7-8,10-11,13-14H,4,6,9H2,1H3/t11-,13+,14+/m1/s1. The molecule has 2 heterocycles. The predicted octanol–water partition coefficient (Wildman–Crippen LogP) is 4.55. The molecule has 1 aromatic carbocycles. The summed E-state index contributed by atoms with van der Waals surface area (Å²) in [6, 6.07) is 8.01. The molecule has 1 aliphatic carbocycles. The van der Waals surface area contributed by atoms with E-state index in [-0.39, 0.29) is 35.1 Å². The number of ether oxygens (including phenoxy) is 1. The lowest BCUT2D eigenvalue weighted by atomic mass is 9.76. The first-order valence-electron chi connectivity index (χ1n) is 8.88. The Labute approximate surface area is 165 Å². The van der Waals surface area contributed by atoms with E-state index in [0.717, 1.165) is 11.3 Å². The number of halogens is 1. The minimum absolute atomic E-state index is 0.159. The van der Waals surface area contributed by atoms with Gasteiger partial charge in [0.05, 0.1) is 17.5 Å². The molecule has 5 nitrogen and oxygen atoms in total. The van der Waals surface area contributed by atoms with Crippen LogP contribution in [0.2, 0.25) is 5.02 Å². The molecule has 2 aliphatic rings. The van der Waals surface area contributed by atoms with Crippen molar-refractivity contribution in [1.29, 1.82) is 0 Å². The summed E-state index contributed by atoms with van der Waals surface area (Å²) in [4.78, 5) is 39.9. The first kappa shape index (κ1) is 18.2.